The van der Waals surface area contributed by atoms with Crippen LogP contribution in [0.15, 0.2) is 30.6 Å². The number of ether oxygens (including phenoxy) is 1. The summed E-state index contributed by atoms with van der Waals surface area (Å²) in [5.74, 6) is -0.307. The molecule has 2 aromatic heterocycles. The van der Waals surface area contributed by atoms with Gasteiger partial charge in [0.15, 0.2) is 0 Å². The first kappa shape index (κ1) is 11.6. The first-order chi connectivity index (χ1) is 8.26. The Hall–Kier alpha value is -1.88. The van der Waals surface area contributed by atoms with Gasteiger partial charge in [-0.15, -0.1) is 0 Å². The molecule has 0 aliphatic carbocycles. The molecule has 0 aromatic carbocycles. The minimum absolute atomic E-state index is 0.0534. The Morgan fingerprint density at radius 1 is 1.59 bits per heavy atom. The van der Waals surface area contributed by atoms with Gasteiger partial charge in [-0.25, -0.2) is 4.52 Å². The molecule has 2 rings (SSSR count). The predicted molar refractivity (Wildman–Crippen MR) is 63.6 cm³/mol. The number of nitrogens with two attached hydrogens (primary N) is 1. The van der Waals surface area contributed by atoms with Crippen LogP contribution in [0.5, 0.6) is 0 Å². The minimum Gasteiger partial charge on any atom is -0.469 e. The van der Waals surface area contributed by atoms with Crippen molar-refractivity contribution in [2.45, 2.75) is 12.3 Å². The number of aromatic nitrogens is 2. The Labute approximate surface area is 99.2 Å². The molecule has 0 saturated heterocycles. The quantitative estimate of drug-likeness (QED) is 0.798. The lowest BCUT2D eigenvalue weighted by atomic mass is 9.97. The molecule has 5 heteroatoms. The molecule has 5 nitrogen and oxygen atoms in total. The predicted octanol–water partition coefficient (Wildman–Crippen LogP) is 0.940. The number of rotatable bonds is 4. The average Bonchev–Trinajstić information content (AvgIpc) is 2.79. The fourth-order valence-corrected chi connectivity index (χ4v) is 1.87. The van der Waals surface area contributed by atoms with Gasteiger partial charge >= 0.3 is 5.97 Å². The number of nitrogens with zero attached hydrogens (tertiary/aromatic N) is 2. The van der Waals surface area contributed by atoms with Gasteiger partial charge in [-0.1, -0.05) is 6.07 Å². The van der Waals surface area contributed by atoms with Gasteiger partial charge in [0.2, 0.25) is 0 Å². The molecular weight excluding hydrogens is 218 g/mol. The van der Waals surface area contributed by atoms with Gasteiger partial charge in [0.05, 0.1) is 25.2 Å². The van der Waals surface area contributed by atoms with Crippen LogP contribution in [0.2, 0.25) is 0 Å². The van der Waals surface area contributed by atoms with E-state index in [4.69, 9.17) is 5.73 Å². The monoisotopic (exact) mass is 233 g/mol. The number of pyridine rings is 1. The molecule has 0 saturated carbocycles. The van der Waals surface area contributed by atoms with Crippen LogP contribution < -0.4 is 5.73 Å². The second kappa shape index (κ2) is 4.97. The third-order valence-corrected chi connectivity index (χ3v) is 2.82. The standard InChI is InChI=1S/C12H15N3O2/c1-17-12(16)6-9(7-13)10-8-14-15-5-3-2-4-11(10)15/h2-5,8-9H,6-7,13H2,1H3. The molecule has 1 atom stereocenters. The van der Waals surface area contributed by atoms with E-state index < -0.39 is 0 Å². The number of esters is 1. The van der Waals surface area contributed by atoms with Crippen LogP contribution in [0.3, 0.4) is 0 Å². The lowest BCUT2D eigenvalue weighted by molar-refractivity contribution is -0.141. The Kier molecular flexibility index (Phi) is 3.39. The maximum Gasteiger partial charge on any atom is 0.306 e. The van der Waals surface area contributed by atoms with Gasteiger partial charge in [-0.2, -0.15) is 5.10 Å². The van der Waals surface area contributed by atoms with Gasteiger partial charge in [0, 0.05) is 17.7 Å². The van der Waals surface area contributed by atoms with E-state index in [-0.39, 0.29) is 18.3 Å². The van der Waals surface area contributed by atoms with E-state index in [9.17, 15) is 4.79 Å². The van der Waals surface area contributed by atoms with E-state index in [1.165, 1.54) is 7.11 Å². The molecule has 0 aliphatic rings. The van der Waals surface area contributed by atoms with Crippen molar-refractivity contribution in [1.29, 1.82) is 0 Å². The summed E-state index contributed by atoms with van der Waals surface area (Å²) in [5.41, 5.74) is 7.68. The first-order valence-electron chi connectivity index (χ1n) is 5.45. The van der Waals surface area contributed by atoms with Crippen LogP contribution in [0.1, 0.15) is 17.9 Å². The maximum absolute atomic E-state index is 11.3. The van der Waals surface area contributed by atoms with E-state index in [1.54, 1.807) is 10.7 Å². The number of hydrogen-bond acceptors (Lipinski definition) is 4. The number of carbonyl (C=O) groups excluding carboxylic acids is 1. The molecule has 1 unspecified atom stereocenters. The van der Waals surface area contributed by atoms with Gasteiger partial charge in [-0.05, 0) is 18.7 Å². The molecule has 0 fully saturated rings. The van der Waals surface area contributed by atoms with Gasteiger partial charge in [0.25, 0.3) is 0 Å². The topological polar surface area (TPSA) is 69.6 Å². The third kappa shape index (κ3) is 2.29. The molecule has 2 N–H and O–H groups in total. The highest BCUT2D eigenvalue weighted by atomic mass is 16.5. The van der Waals surface area contributed by atoms with Crippen molar-refractivity contribution < 1.29 is 9.53 Å². The van der Waals surface area contributed by atoms with Crippen molar-refractivity contribution in [1.82, 2.24) is 9.61 Å². The minimum atomic E-state index is -0.254. The van der Waals surface area contributed by atoms with E-state index in [0.717, 1.165) is 11.1 Å². The van der Waals surface area contributed by atoms with Crippen LogP contribution in [0.4, 0.5) is 0 Å². The Morgan fingerprint density at radius 2 is 2.41 bits per heavy atom. The molecule has 2 heterocycles. The summed E-state index contributed by atoms with van der Waals surface area (Å²) < 4.78 is 6.44. The molecule has 0 radical (unpaired) electrons. The van der Waals surface area contributed by atoms with Crippen molar-refractivity contribution in [3.8, 4) is 0 Å². The SMILES string of the molecule is COC(=O)CC(CN)c1cnn2ccccc12. The number of carbonyl (C=O) groups is 1. The van der Waals surface area contributed by atoms with Crippen molar-refractivity contribution in [2.75, 3.05) is 13.7 Å². The van der Waals surface area contributed by atoms with E-state index in [0.29, 0.717) is 6.54 Å². The third-order valence-electron chi connectivity index (χ3n) is 2.82. The highest BCUT2D eigenvalue weighted by molar-refractivity contribution is 5.71. The van der Waals surface area contributed by atoms with Crippen LogP contribution in [0.25, 0.3) is 5.52 Å². The van der Waals surface area contributed by atoms with Crippen molar-refractivity contribution in [3.63, 3.8) is 0 Å². The molecule has 17 heavy (non-hydrogen) atoms. The zero-order chi connectivity index (χ0) is 12.3. The molecule has 0 spiro atoms. The lowest BCUT2D eigenvalue weighted by Gasteiger charge is -2.11. The van der Waals surface area contributed by atoms with Gasteiger partial charge in [-0.3, -0.25) is 4.79 Å². The normalized spacial score (nSPS) is 12.6. The number of hydrogen-bond donors (Lipinski definition) is 1. The van der Waals surface area contributed by atoms with Crippen LogP contribution in [-0.4, -0.2) is 29.2 Å². The summed E-state index contributed by atoms with van der Waals surface area (Å²) in [6.07, 6.45) is 3.91. The molecule has 0 bridgehead atoms. The summed E-state index contributed by atoms with van der Waals surface area (Å²) in [6.45, 7) is 0.394. The van der Waals surface area contributed by atoms with E-state index in [2.05, 4.69) is 9.84 Å². The van der Waals surface area contributed by atoms with Gasteiger partial charge < -0.3 is 10.5 Å². The lowest BCUT2D eigenvalue weighted by Crippen LogP contribution is -2.17. The fraction of sp³-hybridized carbons (Fsp3) is 0.333. The van der Waals surface area contributed by atoms with E-state index >= 15 is 0 Å². The number of fused-ring (bicyclic) bond motifs is 1. The van der Waals surface area contributed by atoms with Crippen molar-refractivity contribution >= 4 is 11.5 Å². The zero-order valence-electron chi connectivity index (χ0n) is 9.67. The van der Waals surface area contributed by atoms with Crippen LogP contribution >= 0.6 is 0 Å². The summed E-state index contributed by atoms with van der Waals surface area (Å²) >= 11 is 0. The second-order valence-electron chi connectivity index (χ2n) is 3.84. The van der Waals surface area contributed by atoms with Crippen molar-refractivity contribution in [3.05, 3.63) is 36.2 Å². The highest BCUT2D eigenvalue weighted by Gasteiger charge is 2.18. The largest absolute Gasteiger partial charge is 0.469 e. The Bertz CT molecular complexity index is 521. The molecule has 0 amide bonds. The summed E-state index contributed by atoms with van der Waals surface area (Å²) in [5, 5.41) is 4.23. The van der Waals surface area contributed by atoms with Crippen LogP contribution in [-0.2, 0) is 9.53 Å². The Morgan fingerprint density at radius 3 is 3.12 bits per heavy atom. The average molecular weight is 233 g/mol. The smallest absolute Gasteiger partial charge is 0.306 e. The van der Waals surface area contributed by atoms with Crippen molar-refractivity contribution in [2.24, 2.45) is 5.73 Å². The zero-order valence-corrected chi connectivity index (χ0v) is 9.67. The molecule has 2 aromatic rings. The Balaban J connectivity index is 2.33. The number of methoxy groups -OCH3 is 1. The molecule has 90 valence electrons. The van der Waals surface area contributed by atoms with Gasteiger partial charge in [0.1, 0.15) is 0 Å². The summed E-state index contributed by atoms with van der Waals surface area (Å²) in [4.78, 5) is 11.3. The van der Waals surface area contributed by atoms with E-state index in [1.807, 2.05) is 24.4 Å². The summed E-state index contributed by atoms with van der Waals surface area (Å²) in [7, 11) is 1.38. The molecule has 0 aliphatic heterocycles. The summed E-state index contributed by atoms with van der Waals surface area (Å²) in [6, 6.07) is 5.80. The van der Waals surface area contributed by atoms with Crippen LogP contribution in [0, 0.1) is 0 Å². The highest BCUT2D eigenvalue weighted by Crippen LogP contribution is 2.23. The molecular formula is C12H15N3O2. The first-order valence-corrected chi connectivity index (χ1v) is 5.45. The maximum atomic E-state index is 11.3. The second-order valence-corrected chi connectivity index (χ2v) is 3.84. The fourth-order valence-electron chi connectivity index (χ4n) is 1.87.